The minimum Gasteiger partial charge on any atom is -0.322 e. The normalized spacial score (nSPS) is 23.4. The maximum absolute atomic E-state index is 6.20. The molecule has 1 aliphatic rings. The van der Waals surface area contributed by atoms with Crippen molar-refractivity contribution in [1.29, 1.82) is 0 Å². The molecule has 16 heavy (non-hydrogen) atoms. The molecule has 1 nitrogen and oxygen atoms in total. The minimum absolute atomic E-state index is 0.211. The van der Waals surface area contributed by atoms with Crippen molar-refractivity contribution >= 4 is 16.8 Å². The van der Waals surface area contributed by atoms with E-state index in [0.29, 0.717) is 0 Å². The summed E-state index contributed by atoms with van der Waals surface area (Å²) >= 11 is 0. The van der Waals surface area contributed by atoms with Crippen LogP contribution in [0.5, 0.6) is 0 Å². The molecule has 0 amide bonds. The Balaban J connectivity index is 2.31. The molecule has 1 atom stereocenters. The Labute approximate surface area is 95.6 Å². The quantitative estimate of drug-likeness (QED) is 0.708. The highest BCUT2D eigenvalue weighted by atomic mass is 14.7. The van der Waals surface area contributed by atoms with E-state index in [1.807, 2.05) is 0 Å². The van der Waals surface area contributed by atoms with E-state index in [0.717, 1.165) is 6.42 Å². The molecule has 2 aromatic carbocycles. The highest BCUT2D eigenvalue weighted by molar-refractivity contribution is 5.89. The van der Waals surface area contributed by atoms with Crippen LogP contribution in [0.25, 0.3) is 16.8 Å². The van der Waals surface area contributed by atoms with E-state index in [-0.39, 0.29) is 5.54 Å². The lowest BCUT2D eigenvalue weighted by Gasteiger charge is -2.26. The lowest BCUT2D eigenvalue weighted by atomic mass is 9.83. The second kappa shape index (κ2) is 3.19. The zero-order chi connectivity index (χ0) is 11.2. The molecule has 0 radical (unpaired) electrons. The van der Waals surface area contributed by atoms with E-state index in [1.54, 1.807) is 0 Å². The molecular formula is C15H15N. The first-order chi connectivity index (χ1) is 7.66. The highest BCUT2D eigenvalue weighted by Gasteiger charge is 2.22. The molecule has 1 aliphatic carbocycles. The Morgan fingerprint density at radius 3 is 2.81 bits per heavy atom. The molecule has 1 unspecified atom stereocenters. The van der Waals surface area contributed by atoms with Gasteiger partial charge in [0.05, 0.1) is 0 Å². The van der Waals surface area contributed by atoms with Crippen molar-refractivity contribution in [3.8, 4) is 0 Å². The van der Waals surface area contributed by atoms with Gasteiger partial charge in [-0.3, -0.25) is 0 Å². The van der Waals surface area contributed by atoms with Gasteiger partial charge in [0.1, 0.15) is 0 Å². The molecule has 1 heteroatoms. The van der Waals surface area contributed by atoms with Crippen LogP contribution >= 0.6 is 0 Å². The zero-order valence-electron chi connectivity index (χ0n) is 9.40. The van der Waals surface area contributed by atoms with Crippen molar-refractivity contribution in [3.63, 3.8) is 0 Å². The van der Waals surface area contributed by atoms with E-state index in [1.165, 1.54) is 21.9 Å². The number of fused-ring (bicyclic) bond motifs is 3. The van der Waals surface area contributed by atoms with E-state index in [2.05, 4.69) is 55.5 Å². The standard InChI is InChI=1S/C15H15N/c1-15(16)9-8-12-7-6-11-4-2-3-5-13(11)14(12)10-15/h2-9H,10,16H2,1H3. The first-order valence-electron chi connectivity index (χ1n) is 5.64. The molecule has 3 rings (SSSR count). The predicted octanol–water partition coefficient (Wildman–Crippen LogP) is 3.13. The van der Waals surface area contributed by atoms with E-state index < -0.39 is 0 Å². The summed E-state index contributed by atoms with van der Waals surface area (Å²) in [5, 5.41) is 2.63. The Kier molecular flexibility index (Phi) is 1.92. The number of hydrogen-bond acceptors (Lipinski definition) is 1. The second-order valence-corrected chi connectivity index (χ2v) is 4.87. The summed E-state index contributed by atoms with van der Waals surface area (Å²) in [7, 11) is 0. The van der Waals surface area contributed by atoms with Crippen LogP contribution in [0.2, 0.25) is 0 Å². The van der Waals surface area contributed by atoms with Crippen LogP contribution in [-0.2, 0) is 6.42 Å². The molecular weight excluding hydrogens is 194 g/mol. The van der Waals surface area contributed by atoms with Gasteiger partial charge >= 0.3 is 0 Å². The first-order valence-corrected chi connectivity index (χ1v) is 5.64. The van der Waals surface area contributed by atoms with Crippen molar-refractivity contribution in [2.24, 2.45) is 5.73 Å². The van der Waals surface area contributed by atoms with Gasteiger partial charge < -0.3 is 5.73 Å². The van der Waals surface area contributed by atoms with Crippen LogP contribution in [-0.4, -0.2) is 5.54 Å². The SMILES string of the molecule is CC1(N)C=Cc2ccc3ccccc3c2C1. The lowest BCUT2D eigenvalue weighted by molar-refractivity contribution is 0.580. The Morgan fingerprint density at radius 1 is 1.12 bits per heavy atom. The average Bonchev–Trinajstić information content (AvgIpc) is 2.28. The fraction of sp³-hybridized carbons (Fsp3) is 0.200. The largest absolute Gasteiger partial charge is 0.322 e. The highest BCUT2D eigenvalue weighted by Crippen LogP contribution is 2.30. The molecule has 0 bridgehead atoms. The number of hydrogen-bond donors (Lipinski definition) is 1. The van der Waals surface area contributed by atoms with Crippen molar-refractivity contribution < 1.29 is 0 Å². The third kappa shape index (κ3) is 1.44. The first kappa shape index (κ1) is 9.61. The van der Waals surface area contributed by atoms with Gasteiger partial charge in [0, 0.05) is 5.54 Å². The number of nitrogens with two attached hydrogens (primary N) is 1. The Hall–Kier alpha value is -1.60. The lowest BCUT2D eigenvalue weighted by Crippen LogP contribution is -2.37. The van der Waals surface area contributed by atoms with E-state index in [4.69, 9.17) is 5.73 Å². The van der Waals surface area contributed by atoms with Gasteiger partial charge in [-0.05, 0) is 35.2 Å². The van der Waals surface area contributed by atoms with Crippen LogP contribution in [0.3, 0.4) is 0 Å². The van der Waals surface area contributed by atoms with Gasteiger partial charge in [0.15, 0.2) is 0 Å². The predicted molar refractivity (Wildman–Crippen MR) is 69.3 cm³/mol. The summed E-state index contributed by atoms with van der Waals surface area (Å²) in [6, 6.07) is 12.9. The van der Waals surface area contributed by atoms with Crippen LogP contribution in [0.4, 0.5) is 0 Å². The van der Waals surface area contributed by atoms with E-state index >= 15 is 0 Å². The van der Waals surface area contributed by atoms with Gasteiger partial charge in [0.2, 0.25) is 0 Å². The Morgan fingerprint density at radius 2 is 1.94 bits per heavy atom. The van der Waals surface area contributed by atoms with Crippen LogP contribution in [0.15, 0.2) is 42.5 Å². The van der Waals surface area contributed by atoms with Crippen molar-refractivity contribution in [2.45, 2.75) is 18.9 Å². The number of rotatable bonds is 0. The van der Waals surface area contributed by atoms with Crippen molar-refractivity contribution in [2.75, 3.05) is 0 Å². The summed E-state index contributed by atoms with van der Waals surface area (Å²) < 4.78 is 0. The molecule has 0 saturated heterocycles. The summed E-state index contributed by atoms with van der Waals surface area (Å²) in [6.45, 7) is 2.08. The van der Waals surface area contributed by atoms with Gasteiger partial charge in [-0.15, -0.1) is 0 Å². The molecule has 80 valence electrons. The van der Waals surface area contributed by atoms with Crippen molar-refractivity contribution in [1.82, 2.24) is 0 Å². The van der Waals surface area contributed by atoms with Gasteiger partial charge in [-0.25, -0.2) is 0 Å². The van der Waals surface area contributed by atoms with Gasteiger partial charge in [0.25, 0.3) is 0 Å². The number of benzene rings is 2. The maximum atomic E-state index is 6.20. The summed E-state index contributed by atoms with van der Waals surface area (Å²) in [5.74, 6) is 0. The molecule has 0 fully saturated rings. The molecule has 2 aromatic rings. The van der Waals surface area contributed by atoms with Crippen LogP contribution < -0.4 is 5.73 Å². The molecule has 0 spiro atoms. The van der Waals surface area contributed by atoms with Gasteiger partial charge in [-0.2, -0.15) is 0 Å². The Bertz CT molecular complexity index is 579. The molecule has 2 N–H and O–H groups in total. The topological polar surface area (TPSA) is 26.0 Å². The van der Waals surface area contributed by atoms with Gasteiger partial charge in [-0.1, -0.05) is 48.6 Å². The second-order valence-electron chi connectivity index (χ2n) is 4.87. The third-order valence-electron chi connectivity index (χ3n) is 3.28. The van der Waals surface area contributed by atoms with Crippen LogP contribution in [0, 0.1) is 0 Å². The fourth-order valence-corrected chi connectivity index (χ4v) is 2.43. The summed E-state index contributed by atoms with van der Waals surface area (Å²) in [4.78, 5) is 0. The van der Waals surface area contributed by atoms with Crippen LogP contribution in [0.1, 0.15) is 18.1 Å². The maximum Gasteiger partial charge on any atom is 0.0355 e. The average molecular weight is 209 g/mol. The molecule has 0 aliphatic heterocycles. The molecule has 0 aromatic heterocycles. The summed E-state index contributed by atoms with van der Waals surface area (Å²) in [5.41, 5.74) is 8.67. The summed E-state index contributed by atoms with van der Waals surface area (Å²) in [6.07, 6.45) is 5.16. The van der Waals surface area contributed by atoms with Crippen molar-refractivity contribution in [3.05, 3.63) is 53.6 Å². The smallest absolute Gasteiger partial charge is 0.0355 e. The monoisotopic (exact) mass is 209 g/mol. The van der Waals surface area contributed by atoms with E-state index in [9.17, 15) is 0 Å². The molecule has 0 saturated carbocycles. The minimum atomic E-state index is -0.211. The fourth-order valence-electron chi connectivity index (χ4n) is 2.43. The molecule has 0 heterocycles. The third-order valence-corrected chi connectivity index (χ3v) is 3.28. The zero-order valence-corrected chi connectivity index (χ0v) is 9.40.